The van der Waals surface area contributed by atoms with Gasteiger partial charge in [0.25, 0.3) is 5.91 Å². The van der Waals surface area contributed by atoms with E-state index in [-0.39, 0.29) is 5.91 Å². The lowest BCUT2D eigenvalue weighted by molar-refractivity contribution is 0.0982. The van der Waals surface area contributed by atoms with E-state index in [0.29, 0.717) is 36.8 Å². The Morgan fingerprint density at radius 1 is 1.00 bits per heavy atom. The van der Waals surface area contributed by atoms with Gasteiger partial charge in [0.2, 0.25) is 0 Å². The molecule has 1 aliphatic heterocycles. The van der Waals surface area contributed by atoms with Crippen molar-refractivity contribution in [1.29, 1.82) is 0 Å². The lowest BCUT2D eigenvalue weighted by atomic mass is 10.1. The number of aromatic nitrogens is 1. The topological polar surface area (TPSA) is 54.9 Å². The molecule has 0 aliphatic carbocycles. The minimum absolute atomic E-state index is 0.0705. The molecule has 2 aromatic carbocycles. The number of carbonyl (C=O) groups is 1. The normalized spacial score (nSPS) is 13.0. The number of hydrogen-bond donors (Lipinski definition) is 0. The van der Waals surface area contributed by atoms with Gasteiger partial charge in [0, 0.05) is 18.7 Å². The van der Waals surface area contributed by atoms with Crippen LogP contribution in [0.15, 0.2) is 36.4 Å². The van der Waals surface area contributed by atoms with Crippen LogP contribution in [0.2, 0.25) is 0 Å². The monoisotopic (exact) mass is 439 g/mol. The summed E-state index contributed by atoms with van der Waals surface area (Å²) in [6, 6.07) is 11.7. The highest BCUT2D eigenvalue weighted by molar-refractivity contribution is 7.22. The number of benzene rings is 2. The number of carbonyl (C=O) groups excluding carboxylic acids is 1. The summed E-state index contributed by atoms with van der Waals surface area (Å²) in [6.45, 7) is 10.7. The molecule has 0 bridgehead atoms. The number of rotatable bonds is 8. The molecule has 6 nitrogen and oxygen atoms in total. The van der Waals surface area contributed by atoms with Crippen LogP contribution in [0.4, 0.5) is 5.13 Å². The van der Waals surface area contributed by atoms with Crippen LogP contribution in [0.5, 0.6) is 11.5 Å². The van der Waals surface area contributed by atoms with E-state index in [1.54, 1.807) is 22.3 Å². The molecular weight excluding hydrogens is 410 g/mol. The number of likely N-dealkylation sites (N-methyl/N-ethyl adjacent to an activating group) is 1. The van der Waals surface area contributed by atoms with E-state index in [0.717, 1.165) is 41.4 Å². The Labute approximate surface area is 187 Å². The molecule has 2 heterocycles. The second-order valence-electron chi connectivity index (χ2n) is 7.49. The first kappa shape index (κ1) is 21.6. The Morgan fingerprint density at radius 2 is 1.77 bits per heavy atom. The number of nitrogens with zero attached hydrogens (tertiary/aromatic N) is 3. The number of hydrogen-bond acceptors (Lipinski definition) is 6. The van der Waals surface area contributed by atoms with Crippen LogP contribution in [0.1, 0.15) is 36.7 Å². The molecule has 0 spiro atoms. The summed E-state index contributed by atoms with van der Waals surface area (Å²) in [6.07, 6.45) is 0.977. The molecule has 0 atom stereocenters. The SMILES string of the molecule is CCc1ccc2nc(N(CCN(CC)CC)C(=O)c3ccc4c(c3)OCCO4)sc2c1. The first-order valence-corrected chi connectivity index (χ1v) is 11.8. The molecule has 1 aromatic heterocycles. The van der Waals surface area contributed by atoms with E-state index in [9.17, 15) is 4.79 Å². The molecule has 4 rings (SSSR count). The van der Waals surface area contributed by atoms with E-state index >= 15 is 0 Å². The van der Waals surface area contributed by atoms with Crippen molar-refractivity contribution in [2.24, 2.45) is 0 Å². The van der Waals surface area contributed by atoms with Crippen LogP contribution >= 0.6 is 11.3 Å². The van der Waals surface area contributed by atoms with Crippen LogP contribution in [0.3, 0.4) is 0 Å². The number of thiazole rings is 1. The van der Waals surface area contributed by atoms with Crippen LogP contribution in [0.25, 0.3) is 10.2 Å². The Bertz CT molecular complexity index is 1060. The van der Waals surface area contributed by atoms with Crippen LogP contribution in [-0.4, -0.2) is 55.2 Å². The number of aryl methyl sites for hydroxylation is 1. The lowest BCUT2D eigenvalue weighted by Gasteiger charge is -2.25. The molecule has 164 valence electrons. The van der Waals surface area contributed by atoms with Crippen molar-refractivity contribution in [2.75, 3.05) is 44.3 Å². The van der Waals surface area contributed by atoms with Gasteiger partial charge in [-0.3, -0.25) is 9.69 Å². The van der Waals surface area contributed by atoms with Gasteiger partial charge in [-0.2, -0.15) is 0 Å². The predicted octanol–water partition coefficient (Wildman–Crippen LogP) is 4.62. The average Bonchev–Trinajstić information content (AvgIpc) is 3.24. The minimum atomic E-state index is -0.0705. The zero-order chi connectivity index (χ0) is 21.8. The van der Waals surface area contributed by atoms with Gasteiger partial charge in [-0.1, -0.05) is 38.2 Å². The molecule has 31 heavy (non-hydrogen) atoms. The van der Waals surface area contributed by atoms with E-state index in [1.807, 2.05) is 18.2 Å². The van der Waals surface area contributed by atoms with Crippen molar-refractivity contribution in [2.45, 2.75) is 27.2 Å². The van der Waals surface area contributed by atoms with Crippen molar-refractivity contribution in [1.82, 2.24) is 9.88 Å². The van der Waals surface area contributed by atoms with Crippen LogP contribution < -0.4 is 14.4 Å². The van der Waals surface area contributed by atoms with E-state index in [4.69, 9.17) is 14.5 Å². The van der Waals surface area contributed by atoms with E-state index in [1.165, 1.54) is 5.56 Å². The quantitative estimate of drug-likeness (QED) is 0.513. The van der Waals surface area contributed by atoms with Crippen molar-refractivity contribution < 1.29 is 14.3 Å². The van der Waals surface area contributed by atoms with Crippen LogP contribution in [-0.2, 0) is 6.42 Å². The fraction of sp³-hybridized carbons (Fsp3) is 0.417. The van der Waals surface area contributed by atoms with Crippen LogP contribution in [0, 0.1) is 0 Å². The predicted molar refractivity (Wildman–Crippen MR) is 126 cm³/mol. The maximum absolute atomic E-state index is 13.6. The number of fused-ring (bicyclic) bond motifs is 2. The molecule has 0 fully saturated rings. The fourth-order valence-corrected chi connectivity index (χ4v) is 4.74. The summed E-state index contributed by atoms with van der Waals surface area (Å²) < 4.78 is 12.4. The zero-order valence-corrected chi connectivity index (χ0v) is 19.2. The third-order valence-electron chi connectivity index (χ3n) is 5.65. The fourth-order valence-electron chi connectivity index (χ4n) is 3.69. The molecular formula is C24H29N3O3S. The highest BCUT2D eigenvalue weighted by Gasteiger charge is 2.24. The summed E-state index contributed by atoms with van der Waals surface area (Å²) in [4.78, 5) is 22.5. The number of anilines is 1. The Kier molecular flexibility index (Phi) is 6.73. The second-order valence-corrected chi connectivity index (χ2v) is 8.50. The van der Waals surface area contributed by atoms with Crippen molar-refractivity contribution in [3.63, 3.8) is 0 Å². The average molecular weight is 440 g/mol. The smallest absolute Gasteiger partial charge is 0.260 e. The molecule has 7 heteroatoms. The molecule has 0 N–H and O–H groups in total. The minimum Gasteiger partial charge on any atom is -0.486 e. The van der Waals surface area contributed by atoms with Gasteiger partial charge < -0.3 is 14.4 Å². The standard InChI is InChI=1S/C24H29N3O3S/c1-4-17-7-9-19-22(15-17)31-24(25-19)27(12-11-26(5-2)6-3)23(28)18-8-10-20-21(16-18)30-14-13-29-20/h7-10,15-16H,4-6,11-14H2,1-3H3. The lowest BCUT2D eigenvalue weighted by Crippen LogP contribution is -2.38. The summed E-state index contributed by atoms with van der Waals surface area (Å²) in [5.41, 5.74) is 2.79. The summed E-state index contributed by atoms with van der Waals surface area (Å²) in [7, 11) is 0. The highest BCUT2D eigenvalue weighted by Crippen LogP contribution is 2.34. The van der Waals surface area contributed by atoms with Crippen molar-refractivity contribution >= 4 is 32.6 Å². The van der Waals surface area contributed by atoms with Gasteiger partial charge in [-0.25, -0.2) is 4.98 Å². The maximum atomic E-state index is 13.6. The molecule has 1 amide bonds. The number of amides is 1. The van der Waals surface area contributed by atoms with E-state index in [2.05, 4.69) is 37.8 Å². The highest BCUT2D eigenvalue weighted by atomic mass is 32.1. The third kappa shape index (κ3) is 4.67. The second kappa shape index (κ2) is 9.66. The van der Waals surface area contributed by atoms with Gasteiger partial charge in [0.1, 0.15) is 13.2 Å². The van der Waals surface area contributed by atoms with Gasteiger partial charge in [-0.15, -0.1) is 0 Å². The third-order valence-corrected chi connectivity index (χ3v) is 6.69. The molecule has 0 radical (unpaired) electrons. The Balaban J connectivity index is 1.67. The molecule has 0 unspecified atom stereocenters. The van der Waals surface area contributed by atoms with Gasteiger partial charge in [-0.05, 0) is 55.4 Å². The summed E-state index contributed by atoms with van der Waals surface area (Å²) in [5.74, 6) is 1.24. The number of ether oxygens (including phenoxy) is 2. The molecule has 1 aliphatic rings. The zero-order valence-electron chi connectivity index (χ0n) is 18.4. The largest absolute Gasteiger partial charge is 0.486 e. The summed E-state index contributed by atoms with van der Waals surface area (Å²) >= 11 is 1.57. The first-order chi connectivity index (χ1) is 15.1. The van der Waals surface area contributed by atoms with Gasteiger partial charge in [0.15, 0.2) is 16.6 Å². The Hall–Kier alpha value is -2.64. The van der Waals surface area contributed by atoms with Gasteiger partial charge >= 0.3 is 0 Å². The molecule has 3 aromatic rings. The molecule has 0 saturated heterocycles. The molecule has 0 saturated carbocycles. The Morgan fingerprint density at radius 3 is 2.52 bits per heavy atom. The van der Waals surface area contributed by atoms with Crippen molar-refractivity contribution in [3.05, 3.63) is 47.5 Å². The first-order valence-electron chi connectivity index (χ1n) is 11.0. The summed E-state index contributed by atoms with van der Waals surface area (Å²) in [5, 5.41) is 0.732. The van der Waals surface area contributed by atoms with E-state index < -0.39 is 0 Å². The van der Waals surface area contributed by atoms with Crippen molar-refractivity contribution in [3.8, 4) is 11.5 Å². The van der Waals surface area contributed by atoms with Gasteiger partial charge in [0.05, 0.1) is 10.2 Å². The maximum Gasteiger partial charge on any atom is 0.260 e.